The van der Waals surface area contributed by atoms with Crippen LogP contribution >= 0.6 is 0 Å². The second-order valence-electron chi connectivity index (χ2n) is 6.48. The lowest BCUT2D eigenvalue weighted by Crippen LogP contribution is -2.40. The molecule has 1 aliphatic heterocycles. The highest BCUT2D eigenvalue weighted by Crippen LogP contribution is 2.39. The molecular weight excluding hydrogens is 300 g/mol. The highest BCUT2D eigenvalue weighted by Gasteiger charge is 2.47. The van der Waals surface area contributed by atoms with E-state index in [-0.39, 0.29) is 6.10 Å². The molecule has 1 fully saturated rings. The molecule has 3 atom stereocenters. The Labute approximate surface area is 144 Å². The lowest BCUT2D eigenvalue weighted by atomic mass is 9.95. The Kier molecular flexibility index (Phi) is 5.67. The van der Waals surface area contributed by atoms with Crippen LogP contribution in [0, 0.1) is 0 Å². The van der Waals surface area contributed by atoms with Gasteiger partial charge in [-0.25, -0.2) is 0 Å². The zero-order valence-corrected chi connectivity index (χ0v) is 14.2. The topological polar surface area (TPSA) is 38.7 Å². The van der Waals surface area contributed by atoms with Gasteiger partial charge < -0.3 is 14.6 Å². The summed E-state index contributed by atoms with van der Waals surface area (Å²) in [4.78, 5) is 0. The molecule has 3 nitrogen and oxygen atoms in total. The summed E-state index contributed by atoms with van der Waals surface area (Å²) in [6.07, 6.45) is 2.97. The van der Waals surface area contributed by atoms with Gasteiger partial charge in [0.25, 0.3) is 0 Å². The van der Waals surface area contributed by atoms with Gasteiger partial charge in [0.05, 0.1) is 12.7 Å². The Hall–Kier alpha value is -1.68. The van der Waals surface area contributed by atoms with E-state index in [4.69, 9.17) is 9.47 Å². The Bertz CT molecular complexity index is 613. The van der Waals surface area contributed by atoms with Crippen LogP contribution in [0.15, 0.2) is 60.7 Å². The summed E-state index contributed by atoms with van der Waals surface area (Å²) in [7, 11) is 0. The van der Waals surface area contributed by atoms with Gasteiger partial charge in [0.15, 0.2) is 0 Å². The number of benzene rings is 2. The Morgan fingerprint density at radius 3 is 2.42 bits per heavy atom. The van der Waals surface area contributed by atoms with E-state index < -0.39 is 11.9 Å². The number of aliphatic hydroxyl groups is 1. The predicted molar refractivity (Wildman–Crippen MR) is 94.6 cm³/mol. The van der Waals surface area contributed by atoms with Crippen molar-refractivity contribution in [3.8, 4) is 0 Å². The van der Waals surface area contributed by atoms with Crippen LogP contribution in [0.5, 0.6) is 0 Å². The smallest absolute Gasteiger partial charge is 0.203 e. The molecule has 0 bridgehead atoms. The molecule has 2 aromatic rings. The first-order valence-corrected chi connectivity index (χ1v) is 8.82. The van der Waals surface area contributed by atoms with Crippen LogP contribution in [0.25, 0.3) is 0 Å². The minimum absolute atomic E-state index is 0.0482. The van der Waals surface area contributed by atoms with Crippen LogP contribution in [-0.2, 0) is 15.9 Å². The van der Waals surface area contributed by atoms with E-state index in [9.17, 15) is 5.11 Å². The van der Waals surface area contributed by atoms with E-state index >= 15 is 0 Å². The molecule has 3 heteroatoms. The van der Waals surface area contributed by atoms with Gasteiger partial charge in [0.1, 0.15) is 6.10 Å². The first kappa shape index (κ1) is 17.2. The third-order valence-electron chi connectivity index (χ3n) is 4.58. The first-order chi connectivity index (χ1) is 11.7. The number of aliphatic hydroxyl groups excluding tert-OH is 1. The monoisotopic (exact) mass is 326 g/mol. The normalized spacial score (nSPS) is 24.8. The highest BCUT2D eigenvalue weighted by atomic mass is 16.8. The van der Waals surface area contributed by atoms with E-state index in [1.165, 1.54) is 0 Å². The maximum Gasteiger partial charge on any atom is 0.203 e. The Morgan fingerprint density at radius 2 is 1.75 bits per heavy atom. The maximum absolute atomic E-state index is 11.0. The molecule has 1 saturated heterocycles. The number of unbranched alkanes of at least 4 members (excludes halogenated alkanes) is 1. The molecule has 128 valence electrons. The minimum atomic E-state index is -1.01. The third kappa shape index (κ3) is 3.86. The summed E-state index contributed by atoms with van der Waals surface area (Å²) in [5, 5.41) is 11.0. The van der Waals surface area contributed by atoms with Gasteiger partial charge in [0, 0.05) is 6.42 Å². The number of hydrogen-bond donors (Lipinski definition) is 1. The molecule has 3 unspecified atom stereocenters. The summed E-state index contributed by atoms with van der Waals surface area (Å²) in [5.74, 6) is -1.01. The summed E-state index contributed by atoms with van der Waals surface area (Å²) in [6, 6.07) is 19.7. The second-order valence-corrected chi connectivity index (χ2v) is 6.48. The highest BCUT2D eigenvalue weighted by molar-refractivity contribution is 5.23. The summed E-state index contributed by atoms with van der Waals surface area (Å²) < 4.78 is 12.4. The summed E-state index contributed by atoms with van der Waals surface area (Å²) in [5.41, 5.74) is 1.92. The van der Waals surface area contributed by atoms with Crippen molar-refractivity contribution in [3.63, 3.8) is 0 Å². The standard InChI is InChI=1S/C21H26O3/c1-2-3-14-19-16-23-21(24-19,15-17-10-6-4-7-11-17)20(22)18-12-8-5-9-13-18/h4-13,19-20,22H,2-3,14-16H2,1H3. The molecule has 0 radical (unpaired) electrons. The van der Waals surface area contributed by atoms with Gasteiger partial charge >= 0.3 is 0 Å². The maximum atomic E-state index is 11.0. The van der Waals surface area contributed by atoms with Gasteiger partial charge in [-0.15, -0.1) is 0 Å². The van der Waals surface area contributed by atoms with E-state index in [1.54, 1.807) is 0 Å². The number of rotatable bonds is 7. The molecule has 1 heterocycles. The van der Waals surface area contributed by atoms with Gasteiger partial charge in [-0.3, -0.25) is 0 Å². The SMILES string of the molecule is CCCCC1COC(Cc2ccccc2)(C(O)c2ccccc2)O1. The van der Waals surface area contributed by atoms with Crippen LogP contribution in [-0.4, -0.2) is 23.6 Å². The Morgan fingerprint density at radius 1 is 1.08 bits per heavy atom. The van der Waals surface area contributed by atoms with Crippen molar-refractivity contribution in [2.75, 3.05) is 6.61 Å². The Balaban J connectivity index is 1.84. The van der Waals surface area contributed by atoms with Crippen LogP contribution in [0.2, 0.25) is 0 Å². The average Bonchev–Trinajstić information content (AvgIpc) is 3.05. The van der Waals surface area contributed by atoms with Crippen molar-refractivity contribution in [1.82, 2.24) is 0 Å². The van der Waals surface area contributed by atoms with E-state index in [1.807, 2.05) is 60.7 Å². The first-order valence-electron chi connectivity index (χ1n) is 8.82. The fraction of sp³-hybridized carbons (Fsp3) is 0.429. The molecule has 2 aromatic carbocycles. The van der Waals surface area contributed by atoms with Crippen LogP contribution < -0.4 is 0 Å². The van der Waals surface area contributed by atoms with E-state index in [0.717, 1.165) is 30.4 Å². The molecule has 1 N–H and O–H groups in total. The average molecular weight is 326 g/mol. The van der Waals surface area contributed by atoms with Crippen LogP contribution in [0.3, 0.4) is 0 Å². The zero-order valence-electron chi connectivity index (χ0n) is 14.2. The van der Waals surface area contributed by atoms with Gasteiger partial charge in [-0.1, -0.05) is 80.4 Å². The molecule has 1 aliphatic rings. The third-order valence-corrected chi connectivity index (χ3v) is 4.58. The van der Waals surface area contributed by atoms with Crippen molar-refractivity contribution in [1.29, 1.82) is 0 Å². The van der Waals surface area contributed by atoms with Gasteiger partial charge in [0.2, 0.25) is 5.79 Å². The molecule has 0 saturated carbocycles. The molecule has 0 aromatic heterocycles. The summed E-state index contributed by atoms with van der Waals surface area (Å²) in [6.45, 7) is 2.71. The number of ether oxygens (including phenoxy) is 2. The lowest BCUT2D eigenvalue weighted by molar-refractivity contribution is -0.230. The molecule has 0 amide bonds. The van der Waals surface area contributed by atoms with Gasteiger partial charge in [-0.05, 0) is 17.5 Å². The van der Waals surface area contributed by atoms with Crippen molar-refractivity contribution in [2.45, 2.75) is 50.6 Å². The molecular formula is C21H26O3. The molecule has 0 spiro atoms. The molecule has 3 rings (SSSR count). The number of hydrogen-bond acceptors (Lipinski definition) is 3. The zero-order chi connectivity index (χ0) is 16.8. The van der Waals surface area contributed by atoms with Crippen molar-refractivity contribution in [3.05, 3.63) is 71.8 Å². The molecule has 0 aliphatic carbocycles. The van der Waals surface area contributed by atoms with Crippen molar-refractivity contribution in [2.24, 2.45) is 0 Å². The second kappa shape index (κ2) is 7.93. The summed E-state index contributed by atoms with van der Waals surface area (Å²) >= 11 is 0. The van der Waals surface area contributed by atoms with E-state index in [0.29, 0.717) is 13.0 Å². The largest absolute Gasteiger partial charge is 0.383 e. The van der Waals surface area contributed by atoms with Crippen LogP contribution in [0.1, 0.15) is 43.4 Å². The minimum Gasteiger partial charge on any atom is -0.383 e. The van der Waals surface area contributed by atoms with Crippen molar-refractivity contribution >= 4 is 0 Å². The van der Waals surface area contributed by atoms with Crippen LogP contribution in [0.4, 0.5) is 0 Å². The fourth-order valence-corrected chi connectivity index (χ4v) is 3.26. The molecule has 24 heavy (non-hydrogen) atoms. The predicted octanol–water partition coefficient (Wildman–Crippen LogP) is 4.26. The van der Waals surface area contributed by atoms with Gasteiger partial charge in [-0.2, -0.15) is 0 Å². The lowest BCUT2D eigenvalue weighted by Gasteiger charge is -2.33. The quantitative estimate of drug-likeness (QED) is 0.826. The fourth-order valence-electron chi connectivity index (χ4n) is 3.26. The van der Waals surface area contributed by atoms with Crippen molar-refractivity contribution < 1.29 is 14.6 Å². The van der Waals surface area contributed by atoms with E-state index in [2.05, 4.69) is 6.92 Å².